The molecule has 1 fully saturated rings. The van der Waals surface area contributed by atoms with E-state index in [0.29, 0.717) is 66.6 Å². The normalized spacial score (nSPS) is 19.6. The molecular weight excluding hydrogens is 524 g/mol. The van der Waals surface area contributed by atoms with Crippen molar-refractivity contribution < 1.29 is 28.6 Å². The number of aryl methyl sites for hydroxylation is 1. The maximum absolute atomic E-state index is 13.5. The number of hydrogen-bond donors (Lipinski definition) is 1. The maximum atomic E-state index is 13.5. The minimum absolute atomic E-state index is 0.00263. The Kier molecular flexibility index (Phi) is 9.54. The first-order valence-electron chi connectivity index (χ1n) is 14.0. The molecule has 0 radical (unpaired) electrons. The highest BCUT2D eigenvalue weighted by molar-refractivity contribution is 5.96. The van der Waals surface area contributed by atoms with Crippen molar-refractivity contribution in [3.05, 3.63) is 70.4 Å². The summed E-state index contributed by atoms with van der Waals surface area (Å²) in [7, 11) is 3.10. The van der Waals surface area contributed by atoms with Crippen LogP contribution in [0.1, 0.15) is 48.3 Å². The van der Waals surface area contributed by atoms with Gasteiger partial charge >= 0.3 is 12.0 Å². The van der Waals surface area contributed by atoms with Crippen LogP contribution in [-0.2, 0) is 9.53 Å². The predicted molar refractivity (Wildman–Crippen MR) is 155 cm³/mol. The van der Waals surface area contributed by atoms with Crippen LogP contribution < -0.4 is 14.8 Å². The Bertz CT molecular complexity index is 1290. The van der Waals surface area contributed by atoms with Gasteiger partial charge in [0.05, 0.1) is 32.4 Å². The first kappa shape index (κ1) is 29.9. The van der Waals surface area contributed by atoms with E-state index in [-0.39, 0.29) is 24.6 Å². The van der Waals surface area contributed by atoms with Gasteiger partial charge in [-0.1, -0.05) is 17.7 Å². The number of benzene rings is 2. The quantitative estimate of drug-likeness (QED) is 0.463. The molecule has 2 aliphatic rings. The van der Waals surface area contributed by atoms with Crippen LogP contribution in [0.5, 0.6) is 11.5 Å². The summed E-state index contributed by atoms with van der Waals surface area (Å²) in [6.45, 7) is 10.3. The largest absolute Gasteiger partial charge is 0.497 e. The van der Waals surface area contributed by atoms with Crippen LogP contribution in [-0.4, -0.2) is 92.2 Å². The van der Waals surface area contributed by atoms with Crippen molar-refractivity contribution in [1.82, 2.24) is 20.0 Å². The molecule has 4 rings (SSSR count). The molecule has 0 aliphatic carbocycles. The smallest absolute Gasteiger partial charge is 0.338 e. The molecule has 0 spiro atoms. The lowest BCUT2D eigenvalue weighted by Gasteiger charge is -2.43. The van der Waals surface area contributed by atoms with Gasteiger partial charge in [0.25, 0.3) is 5.91 Å². The second-order valence-corrected chi connectivity index (χ2v) is 10.3. The third kappa shape index (κ3) is 6.48. The lowest BCUT2D eigenvalue weighted by molar-refractivity contribution is -0.139. The van der Waals surface area contributed by atoms with E-state index in [4.69, 9.17) is 14.2 Å². The van der Waals surface area contributed by atoms with Gasteiger partial charge in [0.2, 0.25) is 0 Å². The highest BCUT2D eigenvalue weighted by Gasteiger charge is 2.39. The van der Waals surface area contributed by atoms with E-state index in [1.807, 2.05) is 49.9 Å². The fourth-order valence-electron chi connectivity index (χ4n) is 5.46. The topological polar surface area (TPSA) is 101 Å². The molecule has 2 aliphatic heterocycles. The zero-order chi connectivity index (χ0) is 29.7. The summed E-state index contributed by atoms with van der Waals surface area (Å²) in [6.07, 6.45) is 0. The number of urea groups is 1. The van der Waals surface area contributed by atoms with Crippen LogP contribution in [0, 0.1) is 6.92 Å². The Hall–Kier alpha value is -4.05. The van der Waals surface area contributed by atoms with Gasteiger partial charge < -0.3 is 24.4 Å². The van der Waals surface area contributed by atoms with Crippen molar-refractivity contribution in [3.63, 3.8) is 0 Å². The number of amides is 3. The number of methoxy groups -OCH3 is 2. The van der Waals surface area contributed by atoms with Gasteiger partial charge in [0.15, 0.2) is 0 Å². The molecule has 3 amide bonds. The number of esters is 1. The summed E-state index contributed by atoms with van der Waals surface area (Å²) >= 11 is 0. The van der Waals surface area contributed by atoms with E-state index in [0.717, 1.165) is 5.56 Å². The van der Waals surface area contributed by atoms with E-state index >= 15 is 0 Å². The molecule has 2 aromatic carbocycles. The maximum Gasteiger partial charge on any atom is 0.338 e. The summed E-state index contributed by atoms with van der Waals surface area (Å²) in [5.74, 6) is 0.593. The molecule has 2 unspecified atom stereocenters. The second-order valence-electron chi connectivity index (χ2n) is 10.3. The van der Waals surface area contributed by atoms with Gasteiger partial charge in [0.1, 0.15) is 11.5 Å². The van der Waals surface area contributed by atoms with Crippen LogP contribution in [0.4, 0.5) is 4.79 Å². The van der Waals surface area contributed by atoms with Crippen molar-refractivity contribution >= 4 is 17.9 Å². The number of nitrogens with zero attached hydrogens (tertiary/aromatic N) is 3. The molecular formula is C31H40N4O6. The Balaban J connectivity index is 1.67. The van der Waals surface area contributed by atoms with Crippen LogP contribution in [0.3, 0.4) is 0 Å². The number of hydrogen-bond acceptors (Lipinski definition) is 7. The third-order valence-corrected chi connectivity index (χ3v) is 7.60. The summed E-state index contributed by atoms with van der Waals surface area (Å²) in [4.78, 5) is 45.8. The van der Waals surface area contributed by atoms with Crippen molar-refractivity contribution in [2.24, 2.45) is 0 Å². The predicted octanol–water partition coefficient (Wildman–Crippen LogP) is 3.76. The fourth-order valence-corrected chi connectivity index (χ4v) is 5.46. The summed E-state index contributed by atoms with van der Waals surface area (Å²) in [6, 6.07) is 11.8. The molecule has 0 saturated carbocycles. The molecule has 2 aromatic rings. The van der Waals surface area contributed by atoms with E-state index in [2.05, 4.69) is 10.2 Å². The Morgan fingerprint density at radius 1 is 1.00 bits per heavy atom. The van der Waals surface area contributed by atoms with Crippen molar-refractivity contribution in [1.29, 1.82) is 0 Å². The summed E-state index contributed by atoms with van der Waals surface area (Å²) in [5, 5.41) is 2.99. The van der Waals surface area contributed by atoms with E-state index < -0.39 is 12.0 Å². The molecule has 0 aromatic heterocycles. The molecule has 10 nitrogen and oxygen atoms in total. The molecule has 10 heteroatoms. The first-order chi connectivity index (χ1) is 19.7. The van der Waals surface area contributed by atoms with Gasteiger partial charge in [-0.2, -0.15) is 0 Å². The average molecular weight is 565 g/mol. The minimum Gasteiger partial charge on any atom is -0.497 e. The van der Waals surface area contributed by atoms with Crippen LogP contribution in [0.15, 0.2) is 53.7 Å². The van der Waals surface area contributed by atoms with Crippen molar-refractivity contribution in [2.75, 3.05) is 53.6 Å². The lowest BCUT2D eigenvalue weighted by atomic mass is 9.93. The standard InChI is InChI=1S/C31H40N4O6/c1-7-34-26(19-33-13-14-35(21(4)18-33)29(36)22-11-9-20(3)10-12-22)27(30(37)41-8-2)28(32-31(34)38)23-15-24(39-5)17-25(16-23)40-6/h9-12,15-17,21,28H,7-8,13-14,18-19H2,1-6H3,(H,32,38). The van der Waals surface area contributed by atoms with Gasteiger partial charge in [-0.3, -0.25) is 14.6 Å². The average Bonchev–Trinajstić information content (AvgIpc) is 2.97. The van der Waals surface area contributed by atoms with Gasteiger partial charge in [-0.15, -0.1) is 0 Å². The lowest BCUT2D eigenvalue weighted by Crippen LogP contribution is -2.56. The number of nitrogens with one attached hydrogen (secondary N) is 1. The zero-order valence-corrected chi connectivity index (χ0v) is 24.7. The van der Waals surface area contributed by atoms with Gasteiger partial charge in [-0.05, 0) is 57.5 Å². The van der Waals surface area contributed by atoms with E-state index in [9.17, 15) is 14.4 Å². The molecule has 2 atom stereocenters. The first-order valence-corrected chi connectivity index (χ1v) is 14.0. The Labute approximate surface area is 241 Å². The third-order valence-electron chi connectivity index (χ3n) is 7.60. The van der Waals surface area contributed by atoms with Crippen molar-refractivity contribution in [3.8, 4) is 11.5 Å². The monoisotopic (exact) mass is 564 g/mol. The van der Waals surface area contributed by atoms with Gasteiger partial charge in [-0.25, -0.2) is 9.59 Å². The number of carbonyl (C=O) groups is 3. The Morgan fingerprint density at radius 3 is 2.22 bits per heavy atom. The molecule has 2 heterocycles. The molecule has 41 heavy (non-hydrogen) atoms. The Morgan fingerprint density at radius 2 is 1.66 bits per heavy atom. The SMILES string of the molecule is CCOC(=O)C1=C(CN2CCN(C(=O)c3ccc(C)cc3)C(C)C2)N(CC)C(=O)NC1c1cc(OC)cc(OC)c1. The number of ether oxygens (including phenoxy) is 3. The number of carbonyl (C=O) groups excluding carboxylic acids is 3. The van der Waals surface area contributed by atoms with Crippen LogP contribution in [0.2, 0.25) is 0 Å². The van der Waals surface area contributed by atoms with Gasteiger partial charge in [0, 0.05) is 56.1 Å². The van der Waals surface area contributed by atoms with Crippen molar-refractivity contribution in [2.45, 2.75) is 39.8 Å². The number of piperazine rings is 1. The molecule has 220 valence electrons. The minimum atomic E-state index is -0.759. The van der Waals surface area contributed by atoms with E-state index in [1.54, 1.807) is 44.2 Å². The molecule has 0 bridgehead atoms. The fraction of sp³-hybridized carbons (Fsp3) is 0.452. The summed E-state index contributed by atoms with van der Waals surface area (Å²) < 4.78 is 16.4. The van der Waals surface area contributed by atoms with Crippen LogP contribution in [0.25, 0.3) is 0 Å². The highest BCUT2D eigenvalue weighted by atomic mass is 16.5. The highest BCUT2D eigenvalue weighted by Crippen LogP contribution is 2.36. The van der Waals surface area contributed by atoms with Crippen LogP contribution >= 0.6 is 0 Å². The number of rotatable bonds is 9. The second kappa shape index (κ2) is 13.1. The number of likely N-dealkylation sites (N-methyl/N-ethyl adjacent to an activating group) is 1. The zero-order valence-electron chi connectivity index (χ0n) is 24.7. The molecule has 1 saturated heterocycles. The van der Waals surface area contributed by atoms with E-state index in [1.165, 1.54) is 0 Å². The summed E-state index contributed by atoms with van der Waals surface area (Å²) in [5.41, 5.74) is 3.38. The molecule has 1 N–H and O–H groups in total.